The molecule has 0 amide bonds. The van der Waals surface area contributed by atoms with E-state index in [4.69, 9.17) is 23.7 Å². The lowest BCUT2D eigenvalue weighted by Gasteiger charge is -2.55. The lowest BCUT2D eigenvalue weighted by Crippen LogP contribution is -2.69. The highest BCUT2D eigenvalue weighted by atomic mass is 127. The summed E-state index contributed by atoms with van der Waals surface area (Å²) in [5, 5.41) is 10.6. The van der Waals surface area contributed by atoms with Crippen molar-refractivity contribution in [1.82, 2.24) is 0 Å². The lowest BCUT2D eigenvalue weighted by atomic mass is 9.92. The number of benzene rings is 1. The average molecular weight is 476 g/mol. The first-order valence-corrected chi connectivity index (χ1v) is 9.58. The van der Waals surface area contributed by atoms with Crippen molar-refractivity contribution in [3.05, 3.63) is 45.6 Å². The highest BCUT2D eigenvalue weighted by Gasteiger charge is 2.60. The molecule has 2 aliphatic rings. The van der Waals surface area contributed by atoms with Crippen molar-refractivity contribution >= 4 is 22.6 Å². The van der Waals surface area contributed by atoms with Gasteiger partial charge in [0.15, 0.2) is 0 Å². The lowest BCUT2D eigenvalue weighted by molar-refractivity contribution is -0.459. The van der Waals surface area contributed by atoms with Gasteiger partial charge in [0, 0.05) is 17.8 Å². The third-order valence-electron chi connectivity index (χ3n) is 5.18. The molecule has 1 N–H and O–H groups in total. The highest BCUT2D eigenvalue weighted by Crippen LogP contribution is 2.44. The van der Waals surface area contributed by atoms with Crippen LogP contribution in [0, 0.1) is 0 Å². The van der Waals surface area contributed by atoms with Crippen LogP contribution >= 0.6 is 22.6 Å². The summed E-state index contributed by atoms with van der Waals surface area (Å²) in [6.07, 6.45) is -0.467. The van der Waals surface area contributed by atoms with E-state index in [9.17, 15) is 5.11 Å². The Labute approximate surface area is 167 Å². The molecule has 1 aliphatic carbocycles. The minimum atomic E-state index is -1.16. The molecule has 0 saturated carbocycles. The maximum Gasteiger partial charge on any atom is 0.220 e. The fraction of sp³-hybridized carbons (Fsp3) is 0.579. The van der Waals surface area contributed by atoms with Crippen LogP contribution in [0.5, 0.6) is 0 Å². The van der Waals surface area contributed by atoms with Crippen LogP contribution in [0.25, 0.3) is 0 Å². The molecule has 1 heterocycles. The smallest absolute Gasteiger partial charge is 0.220 e. The molecule has 7 heteroatoms. The maximum atomic E-state index is 10.6. The summed E-state index contributed by atoms with van der Waals surface area (Å²) in [5.74, 6) is -2.31. The third-order valence-corrected chi connectivity index (χ3v) is 6.17. The topological polar surface area (TPSA) is 66.4 Å². The molecule has 0 bridgehead atoms. The summed E-state index contributed by atoms with van der Waals surface area (Å²) >= 11 is 2.11. The monoisotopic (exact) mass is 476 g/mol. The van der Waals surface area contributed by atoms with Gasteiger partial charge < -0.3 is 28.8 Å². The second kappa shape index (κ2) is 7.83. The number of aliphatic hydroxyl groups excluding tert-OH is 1. The molecule has 1 aliphatic heterocycles. The van der Waals surface area contributed by atoms with Crippen LogP contribution in [-0.2, 0) is 30.3 Å². The molecule has 1 fully saturated rings. The van der Waals surface area contributed by atoms with Crippen LogP contribution < -0.4 is 0 Å². The van der Waals surface area contributed by atoms with Gasteiger partial charge in [-0.3, -0.25) is 0 Å². The normalized spacial score (nSPS) is 40.0. The summed E-state index contributed by atoms with van der Waals surface area (Å²) in [6, 6.07) is 9.91. The van der Waals surface area contributed by atoms with E-state index in [1.807, 2.05) is 36.4 Å². The Balaban J connectivity index is 1.85. The standard InChI is InChI=1S/C19H25IO6/c1-18(22-3)19(2,23-4)26-17-15(21)13(20)10-14(16(17)25-18)24-11-12-8-6-5-7-9-12/h5-10,14-17,21H,11H2,1-4H3/t14-,15-,16-,17-,18+,19+/m1/s1. The van der Waals surface area contributed by atoms with E-state index in [2.05, 4.69) is 22.6 Å². The predicted molar refractivity (Wildman–Crippen MR) is 104 cm³/mol. The SMILES string of the molecule is CO[C@@]1(C)O[C@H]2[C@H](O[C@]1(C)OC)[C@H](OCc1ccccc1)C=C(I)[C@H]2O. The first-order chi connectivity index (χ1) is 12.3. The molecule has 0 unspecified atom stereocenters. The van der Waals surface area contributed by atoms with Gasteiger partial charge >= 0.3 is 0 Å². The number of ether oxygens (including phenoxy) is 5. The minimum Gasteiger partial charge on any atom is -0.385 e. The van der Waals surface area contributed by atoms with Gasteiger partial charge in [-0.1, -0.05) is 30.3 Å². The zero-order chi connectivity index (χ0) is 18.9. The molecule has 3 rings (SSSR count). The number of halogens is 1. The molecular formula is C19H25IO6. The largest absolute Gasteiger partial charge is 0.385 e. The quantitative estimate of drug-likeness (QED) is 0.660. The second-order valence-corrected chi connectivity index (χ2v) is 7.97. The molecule has 1 aromatic carbocycles. The molecule has 0 aromatic heterocycles. The average Bonchev–Trinajstić information content (AvgIpc) is 2.66. The van der Waals surface area contributed by atoms with Crippen molar-refractivity contribution in [1.29, 1.82) is 0 Å². The van der Waals surface area contributed by atoms with E-state index in [1.54, 1.807) is 21.0 Å². The van der Waals surface area contributed by atoms with Crippen LogP contribution in [0.3, 0.4) is 0 Å². The number of fused-ring (bicyclic) bond motifs is 1. The fourth-order valence-electron chi connectivity index (χ4n) is 3.25. The molecule has 1 saturated heterocycles. The van der Waals surface area contributed by atoms with Crippen LogP contribution in [-0.4, -0.2) is 55.3 Å². The zero-order valence-electron chi connectivity index (χ0n) is 15.3. The van der Waals surface area contributed by atoms with Gasteiger partial charge in [0.1, 0.15) is 24.4 Å². The van der Waals surface area contributed by atoms with Crippen LogP contribution in [0.15, 0.2) is 40.0 Å². The fourth-order valence-corrected chi connectivity index (χ4v) is 3.96. The molecule has 0 radical (unpaired) electrons. The van der Waals surface area contributed by atoms with E-state index in [-0.39, 0.29) is 6.10 Å². The van der Waals surface area contributed by atoms with E-state index in [0.717, 1.165) is 9.14 Å². The van der Waals surface area contributed by atoms with E-state index in [0.29, 0.717) is 6.61 Å². The van der Waals surface area contributed by atoms with E-state index < -0.39 is 29.9 Å². The van der Waals surface area contributed by atoms with Crippen molar-refractivity contribution < 1.29 is 28.8 Å². The molecule has 6 nitrogen and oxygen atoms in total. The van der Waals surface area contributed by atoms with Gasteiger partial charge in [0.05, 0.1) is 6.61 Å². The summed E-state index contributed by atoms with van der Waals surface area (Å²) in [5.41, 5.74) is 1.06. The third kappa shape index (κ3) is 3.58. The number of rotatable bonds is 5. The maximum absolute atomic E-state index is 10.6. The van der Waals surface area contributed by atoms with Crippen molar-refractivity contribution in [2.75, 3.05) is 14.2 Å². The summed E-state index contributed by atoms with van der Waals surface area (Å²) in [7, 11) is 3.07. The first-order valence-electron chi connectivity index (χ1n) is 8.50. The van der Waals surface area contributed by atoms with E-state index >= 15 is 0 Å². The summed E-state index contributed by atoms with van der Waals surface area (Å²) < 4.78 is 30.4. The molecular weight excluding hydrogens is 451 g/mol. The molecule has 1 aromatic rings. The van der Waals surface area contributed by atoms with Gasteiger partial charge in [-0.25, -0.2) is 0 Å². The van der Waals surface area contributed by atoms with Gasteiger partial charge in [-0.15, -0.1) is 0 Å². The van der Waals surface area contributed by atoms with Crippen LogP contribution in [0.2, 0.25) is 0 Å². The Hall–Kier alpha value is -0.550. The Kier molecular flexibility index (Phi) is 6.08. The van der Waals surface area contributed by atoms with Gasteiger partial charge in [-0.2, -0.15) is 0 Å². The highest BCUT2D eigenvalue weighted by molar-refractivity contribution is 14.1. The van der Waals surface area contributed by atoms with Gasteiger partial charge in [0.25, 0.3) is 0 Å². The van der Waals surface area contributed by atoms with Crippen molar-refractivity contribution in [3.8, 4) is 0 Å². The predicted octanol–water partition coefficient (Wildman–Crippen LogP) is 2.77. The Morgan fingerprint density at radius 1 is 1.04 bits per heavy atom. The number of hydrogen-bond donors (Lipinski definition) is 1. The van der Waals surface area contributed by atoms with E-state index in [1.165, 1.54) is 7.11 Å². The number of hydrogen-bond acceptors (Lipinski definition) is 6. The van der Waals surface area contributed by atoms with Gasteiger partial charge in [0.2, 0.25) is 11.6 Å². The first kappa shape index (κ1) is 20.2. The van der Waals surface area contributed by atoms with Crippen LogP contribution in [0.1, 0.15) is 19.4 Å². The molecule has 0 spiro atoms. The second-order valence-electron chi connectivity index (χ2n) is 6.72. The molecule has 6 atom stereocenters. The Morgan fingerprint density at radius 3 is 2.19 bits per heavy atom. The number of methoxy groups -OCH3 is 2. The van der Waals surface area contributed by atoms with Crippen LogP contribution in [0.4, 0.5) is 0 Å². The van der Waals surface area contributed by atoms with Crippen molar-refractivity contribution in [3.63, 3.8) is 0 Å². The molecule has 144 valence electrons. The van der Waals surface area contributed by atoms with Crippen molar-refractivity contribution in [2.24, 2.45) is 0 Å². The van der Waals surface area contributed by atoms with Gasteiger partial charge in [-0.05, 0) is 48.1 Å². The van der Waals surface area contributed by atoms with Crippen molar-refractivity contribution in [2.45, 2.75) is 56.4 Å². The minimum absolute atomic E-state index is 0.383. The number of aliphatic hydroxyl groups is 1. The molecule has 26 heavy (non-hydrogen) atoms. The summed E-state index contributed by atoms with van der Waals surface area (Å²) in [4.78, 5) is 0. The Bertz CT molecular complexity index is 653. The zero-order valence-corrected chi connectivity index (χ0v) is 17.5. The Morgan fingerprint density at radius 2 is 1.62 bits per heavy atom. The summed E-state index contributed by atoms with van der Waals surface area (Å²) in [6.45, 7) is 3.93.